The molecular formula is C13H18N4OS. The lowest BCUT2D eigenvalue weighted by molar-refractivity contribution is 0.0739. The summed E-state index contributed by atoms with van der Waals surface area (Å²) in [5.41, 5.74) is 3.25. The van der Waals surface area contributed by atoms with Crippen LogP contribution in [0, 0.1) is 0 Å². The summed E-state index contributed by atoms with van der Waals surface area (Å²) in [6.07, 6.45) is 3.74. The van der Waals surface area contributed by atoms with Crippen molar-refractivity contribution < 1.29 is 4.79 Å². The molecule has 19 heavy (non-hydrogen) atoms. The Labute approximate surface area is 116 Å². The highest BCUT2D eigenvalue weighted by molar-refractivity contribution is 7.09. The summed E-state index contributed by atoms with van der Waals surface area (Å²) in [5.74, 6) is -0.0699. The van der Waals surface area contributed by atoms with Gasteiger partial charge in [0.05, 0.1) is 11.6 Å². The van der Waals surface area contributed by atoms with Crippen LogP contribution in [0.3, 0.4) is 0 Å². The van der Waals surface area contributed by atoms with E-state index in [2.05, 4.69) is 22.1 Å². The zero-order valence-corrected chi connectivity index (χ0v) is 12.2. The van der Waals surface area contributed by atoms with Crippen molar-refractivity contribution >= 4 is 17.2 Å². The standard InChI is InChI=1S/C13H18N4OS/c1-4-5-10-6-11(16-15-10)13(18)17(3)9(2)12-7-14-8-19-12/h6-9H,4-5H2,1-3H3,(H,15,16)/t9-/m0/s1. The molecule has 5 nitrogen and oxygen atoms in total. The Morgan fingerprint density at radius 1 is 1.58 bits per heavy atom. The maximum atomic E-state index is 12.3. The van der Waals surface area contributed by atoms with Crippen molar-refractivity contribution in [1.82, 2.24) is 20.1 Å². The molecule has 0 aliphatic heterocycles. The zero-order chi connectivity index (χ0) is 13.8. The number of aromatic nitrogens is 3. The van der Waals surface area contributed by atoms with Gasteiger partial charge < -0.3 is 4.90 Å². The molecule has 1 N–H and O–H groups in total. The number of rotatable bonds is 5. The van der Waals surface area contributed by atoms with Crippen LogP contribution in [0.15, 0.2) is 17.8 Å². The lowest BCUT2D eigenvalue weighted by Gasteiger charge is -2.22. The summed E-state index contributed by atoms with van der Waals surface area (Å²) in [5, 5.41) is 7.00. The summed E-state index contributed by atoms with van der Waals surface area (Å²) in [7, 11) is 1.79. The van der Waals surface area contributed by atoms with Crippen LogP contribution in [0.5, 0.6) is 0 Å². The van der Waals surface area contributed by atoms with E-state index in [4.69, 9.17) is 0 Å². The first-order valence-corrected chi connectivity index (χ1v) is 7.21. The minimum atomic E-state index is -0.0699. The average molecular weight is 278 g/mol. The lowest BCUT2D eigenvalue weighted by atomic mass is 10.2. The summed E-state index contributed by atoms with van der Waals surface area (Å²) >= 11 is 1.55. The van der Waals surface area contributed by atoms with Gasteiger partial charge in [0.25, 0.3) is 5.91 Å². The first kappa shape index (κ1) is 13.7. The van der Waals surface area contributed by atoms with Gasteiger partial charge in [0, 0.05) is 23.8 Å². The van der Waals surface area contributed by atoms with Crippen LogP contribution < -0.4 is 0 Å². The fourth-order valence-corrected chi connectivity index (χ4v) is 2.57. The molecule has 0 saturated heterocycles. The molecule has 0 aliphatic rings. The fraction of sp³-hybridized carbons (Fsp3) is 0.462. The predicted octanol–water partition coefficient (Wildman–Crippen LogP) is 2.65. The highest BCUT2D eigenvalue weighted by Crippen LogP contribution is 2.23. The van der Waals surface area contributed by atoms with Crippen LogP contribution in [0.1, 0.15) is 47.4 Å². The average Bonchev–Trinajstić information content (AvgIpc) is 3.07. The number of thiazole rings is 1. The molecule has 0 radical (unpaired) electrons. The summed E-state index contributed by atoms with van der Waals surface area (Å²) in [6, 6.07) is 1.84. The Morgan fingerprint density at radius 2 is 2.37 bits per heavy atom. The molecule has 0 saturated carbocycles. The normalized spacial score (nSPS) is 12.4. The number of carbonyl (C=O) groups is 1. The third-order valence-corrected chi connectivity index (χ3v) is 4.08. The number of amides is 1. The second-order valence-corrected chi connectivity index (χ2v) is 5.44. The predicted molar refractivity (Wildman–Crippen MR) is 75.2 cm³/mol. The molecular weight excluding hydrogens is 260 g/mol. The maximum absolute atomic E-state index is 12.3. The van der Waals surface area contributed by atoms with E-state index >= 15 is 0 Å². The van der Waals surface area contributed by atoms with Gasteiger partial charge in [-0.25, -0.2) is 0 Å². The Balaban J connectivity index is 2.09. The SMILES string of the molecule is CCCc1cc(C(=O)N(C)[C@@H](C)c2cncs2)n[nH]1. The smallest absolute Gasteiger partial charge is 0.274 e. The topological polar surface area (TPSA) is 61.9 Å². The van der Waals surface area contributed by atoms with Gasteiger partial charge in [-0.05, 0) is 19.4 Å². The minimum Gasteiger partial charge on any atom is -0.333 e. The van der Waals surface area contributed by atoms with Crippen LogP contribution in [0.2, 0.25) is 0 Å². The summed E-state index contributed by atoms with van der Waals surface area (Å²) < 4.78 is 0. The third-order valence-electron chi connectivity index (χ3n) is 3.13. The van der Waals surface area contributed by atoms with Crippen molar-refractivity contribution in [2.75, 3.05) is 7.05 Å². The van der Waals surface area contributed by atoms with Gasteiger partial charge in [0.2, 0.25) is 0 Å². The fourth-order valence-electron chi connectivity index (χ4n) is 1.85. The van der Waals surface area contributed by atoms with Crippen LogP contribution in [-0.4, -0.2) is 33.0 Å². The van der Waals surface area contributed by atoms with E-state index in [1.54, 1.807) is 35.0 Å². The first-order valence-electron chi connectivity index (χ1n) is 6.33. The van der Waals surface area contributed by atoms with Crippen molar-refractivity contribution in [2.45, 2.75) is 32.7 Å². The van der Waals surface area contributed by atoms with Crippen molar-refractivity contribution in [2.24, 2.45) is 0 Å². The monoisotopic (exact) mass is 278 g/mol. The number of aryl methyl sites for hydroxylation is 1. The molecule has 0 spiro atoms. The quantitative estimate of drug-likeness (QED) is 0.914. The number of aromatic amines is 1. The molecule has 0 aliphatic carbocycles. The zero-order valence-electron chi connectivity index (χ0n) is 11.4. The van der Waals surface area contributed by atoms with E-state index in [1.165, 1.54) is 0 Å². The Kier molecular flexibility index (Phi) is 4.31. The van der Waals surface area contributed by atoms with Gasteiger partial charge in [-0.1, -0.05) is 13.3 Å². The number of H-pyrrole nitrogens is 1. The van der Waals surface area contributed by atoms with Crippen molar-refractivity contribution in [3.63, 3.8) is 0 Å². The largest absolute Gasteiger partial charge is 0.333 e. The number of nitrogens with zero attached hydrogens (tertiary/aromatic N) is 3. The number of nitrogens with one attached hydrogen (secondary N) is 1. The number of carbonyl (C=O) groups excluding carboxylic acids is 1. The third kappa shape index (κ3) is 3.01. The second-order valence-electron chi connectivity index (χ2n) is 4.52. The highest BCUT2D eigenvalue weighted by atomic mass is 32.1. The Hall–Kier alpha value is -1.69. The molecule has 2 rings (SSSR count). The first-order chi connectivity index (χ1) is 9.13. The summed E-state index contributed by atoms with van der Waals surface area (Å²) in [6.45, 7) is 4.09. The van der Waals surface area contributed by atoms with E-state index < -0.39 is 0 Å². The molecule has 1 amide bonds. The molecule has 6 heteroatoms. The number of hydrogen-bond donors (Lipinski definition) is 1. The lowest BCUT2D eigenvalue weighted by Crippen LogP contribution is -2.29. The Bertz CT molecular complexity index is 535. The maximum Gasteiger partial charge on any atom is 0.274 e. The van der Waals surface area contributed by atoms with Crippen molar-refractivity contribution in [1.29, 1.82) is 0 Å². The van der Waals surface area contributed by atoms with Gasteiger partial charge >= 0.3 is 0 Å². The van der Waals surface area contributed by atoms with Crippen molar-refractivity contribution in [3.8, 4) is 0 Å². The van der Waals surface area contributed by atoms with Crippen LogP contribution >= 0.6 is 11.3 Å². The Morgan fingerprint density at radius 3 is 3.00 bits per heavy atom. The molecule has 0 bridgehead atoms. The van der Waals surface area contributed by atoms with E-state index in [9.17, 15) is 4.79 Å². The molecule has 102 valence electrons. The molecule has 2 aromatic heterocycles. The molecule has 0 fully saturated rings. The molecule has 0 unspecified atom stereocenters. The van der Waals surface area contributed by atoms with E-state index in [0.29, 0.717) is 5.69 Å². The highest BCUT2D eigenvalue weighted by Gasteiger charge is 2.21. The van der Waals surface area contributed by atoms with Crippen LogP contribution in [0.25, 0.3) is 0 Å². The minimum absolute atomic E-state index is 0.00586. The number of hydrogen-bond acceptors (Lipinski definition) is 4. The molecule has 2 aromatic rings. The van der Waals surface area contributed by atoms with Gasteiger partial charge in [-0.15, -0.1) is 11.3 Å². The molecule has 0 aromatic carbocycles. The molecule has 1 atom stereocenters. The van der Waals surface area contributed by atoms with E-state index in [0.717, 1.165) is 23.4 Å². The van der Waals surface area contributed by atoms with Gasteiger partial charge in [0.1, 0.15) is 5.69 Å². The summed E-state index contributed by atoms with van der Waals surface area (Å²) in [4.78, 5) is 19.1. The van der Waals surface area contributed by atoms with E-state index in [-0.39, 0.29) is 11.9 Å². The van der Waals surface area contributed by atoms with Crippen LogP contribution in [0.4, 0.5) is 0 Å². The molecule has 2 heterocycles. The van der Waals surface area contributed by atoms with E-state index in [1.807, 2.05) is 13.0 Å². The van der Waals surface area contributed by atoms with Gasteiger partial charge in [-0.3, -0.25) is 14.9 Å². The van der Waals surface area contributed by atoms with Crippen LogP contribution in [-0.2, 0) is 6.42 Å². The second kappa shape index (κ2) is 5.97. The van der Waals surface area contributed by atoms with Gasteiger partial charge in [-0.2, -0.15) is 5.10 Å². The van der Waals surface area contributed by atoms with Gasteiger partial charge in [0.15, 0.2) is 0 Å². The van der Waals surface area contributed by atoms with Crippen molar-refractivity contribution in [3.05, 3.63) is 34.0 Å².